The van der Waals surface area contributed by atoms with Gasteiger partial charge in [-0.3, -0.25) is 4.90 Å². The van der Waals surface area contributed by atoms with Crippen molar-refractivity contribution in [2.75, 3.05) is 57.4 Å². The topological polar surface area (TPSA) is 225 Å². The normalized spacial score (nSPS) is 10.3. The number of rotatable bonds is 17. The maximum atomic E-state index is 11.4. The number of hydrogen-bond donors (Lipinski definition) is 0. The van der Waals surface area contributed by atoms with Crippen molar-refractivity contribution >= 4 is 51.6 Å². The van der Waals surface area contributed by atoms with E-state index in [0.717, 1.165) is 9.80 Å². The quantitative estimate of drug-likeness (QED) is 0.0725. The first-order valence-electron chi connectivity index (χ1n) is 12.5. The van der Waals surface area contributed by atoms with Crippen LogP contribution in [0.4, 0.5) is 5.69 Å². The molecule has 2 aromatic carbocycles. The monoisotopic (exact) mass is 737 g/mol. The smallest absolute Gasteiger partial charge is 0.549 e. The fourth-order valence-corrected chi connectivity index (χ4v) is 4.12. The zero-order valence-corrected chi connectivity index (χ0v) is 38.4. The van der Waals surface area contributed by atoms with Gasteiger partial charge in [0.05, 0.1) is 55.9 Å². The fourth-order valence-electron chi connectivity index (χ4n) is 4.12. The van der Waals surface area contributed by atoms with Crippen molar-refractivity contribution in [3.8, 4) is 17.4 Å². The van der Waals surface area contributed by atoms with E-state index in [1.54, 1.807) is 30.3 Å². The summed E-state index contributed by atoms with van der Waals surface area (Å²) in [5, 5.41) is 44.9. The first-order chi connectivity index (χ1) is 20.1. The Labute approximate surface area is 432 Å². The minimum absolute atomic E-state index is 0. The van der Waals surface area contributed by atoms with Gasteiger partial charge in [-0.05, 0) is 24.3 Å². The van der Waals surface area contributed by atoms with Crippen molar-refractivity contribution in [2.45, 2.75) is 0 Å². The first-order valence-corrected chi connectivity index (χ1v) is 12.5. The average Bonchev–Trinajstić information content (AvgIpc) is 3.52. The van der Waals surface area contributed by atoms with Crippen LogP contribution < -0.4 is 236 Å². The Morgan fingerprint density at radius 2 is 1.33 bits per heavy atom. The molecule has 19 heteroatoms. The average molecular weight is 738 g/mol. The molecule has 0 aliphatic carbocycles. The largest absolute Gasteiger partial charge is 1.00 e. The van der Waals surface area contributed by atoms with Crippen molar-refractivity contribution < 1.29 is 263 Å². The molecule has 0 saturated carbocycles. The molecule has 0 N–H and O–H groups in total. The summed E-state index contributed by atoms with van der Waals surface area (Å²) in [5.74, 6) is -5.47. The molecule has 2 heterocycles. The molecule has 46 heavy (non-hydrogen) atoms. The Morgan fingerprint density at radius 3 is 1.91 bits per heavy atom. The van der Waals surface area contributed by atoms with Crippen molar-refractivity contribution in [1.29, 1.82) is 0 Å². The molecule has 2 aromatic heterocycles. The Bertz CT molecular complexity index is 1550. The second-order valence-electron chi connectivity index (χ2n) is 8.97. The summed E-state index contributed by atoms with van der Waals surface area (Å²) >= 11 is 0. The van der Waals surface area contributed by atoms with Gasteiger partial charge < -0.3 is 62.8 Å². The molecular formula is C27H23K4N3O12. The van der Waals surface area contributed by atoms with E-state index in [-0.39, 0.29) is 261 Å². The molecule has 4 aromatic rings. The van der Waals surface area contributed by atoms with Crippen molar-refractivity contribution in [3.05, 3.63) is 42.5 Å². The summed E-state index contributed by atoms with van der Waals surface area (Å²) in [6.45, 7) is -3.07. The van der Waals surface area contributed by atoms with E-state index >= 15 is 0 Å². The summed E-state index contributed by atoms with van der Waals surface area (Å²) in [5.41, 5.74) is 1.46. The second-order valence-corrected chi connectivity index (χ2v) is 8.97. The van der Waals surface area contributed by atoms with Crippen LogP contribution in [0.5, 0.6) is 5.75 Å². The van der Waals surface area contributed by atoms with E-state index in [1.165, 1.54) is 12.1 Å². The molecule has 4 rings (SSSR count). The maximum Gasteiger partial charge on any atom is 1.00 e. The van der Waals surface area contributed by atoms with E-state index in [9.17, 15) is 39.6 Å². The second kappa shape index (κ2) is 23.8. The maximum absolute atomic E-state index is 11.4. The molecular weight excluding hydrogens is 715 g/mol. The predicted octanol–water partition coefficient (Wildman–Crippen LogP) is -15.2. The van der Waals surface area contributed by atoms with E-state index < -0.39 is 50.1 Å². The van der Waals surface area contributed by atoms with E-state index in [2.05, 4.69) is 4.98 Å². The summed E-state index contributed by atoms with van der Waals surface area (Å²) in [4.78, 5) is 50.8. The number of aliphatic carboxylic acids is 4. The number of furan rings is 1. The molecule has 0 aliphatic heterocycles. The van der Waals surface area contributed by atoms with Crippen molar-refractivity contribution in [3.63, 3.8) is 0 Å². The number of para-hydroxylation sites is 2. The van der Waals surface area contributed by atoms with E-state index in [1.807, 2.05) is 0 Å². The van der Waals surface area contributed by atoms with Crippen LogP contribution in [0.15, 0.2) is 51.3 Å². The van der Waals surface area contributed by atoms with Gasteiger partial charge in [0.15, 0.2) is 11.3 Å². The van der Waals surface area contributed by atoms with Crippen LogP contribution in [0.1, 0.15) is 0 Å². The number of carboxylic acid groups (broad SMARTS) is 4. The minimum Gasteiger partial charge on any atom is -0.549 e. The summed E-state index contributed by atoms with van der Waals surface area (Å²) in [6, 6.07) is 11.6. The fraction of sp³-hybridized carbons (Fsp3) is 0.296. The van der Waals surface area contributed by atoms with Gasteiger partial charge in [0.1, 0.15) is 23.5 Å². The Morgan fingerprint density at radius 1 is 0.717 bits per heavy atom. The van der Waals surface area contributed by atoms with Gasteiger partial charge in [-0.25, -0.2) is 4.98 Å². The van der Waals surface area contributed by atoms with Gasteiger partial charge in [-0.1, -0.05) is 12.1 Å². The number of benzene rings is 2. The third-order valence-electron chi connectivity index (χ3n) is 5.83. The van der Waals surface area contributed by atoms with Gasteiger partial charge >= 0.3 is 206 Å². The standard InChI is InChI=1S/C27H27N3O12.4K/c31-23(32)12-29(13-24(33)34)5-6-39-7-8-40-21-9-16-10-22(27-28-17-3-1-2-4-19(17)42-27)41-20(16)11-18(21)30(14-25(35)36)15-26(37)38;;;;/h1-4,9-11H,5-8,12-15H2,(H,31,32)(H,33,34)(H,35,36)(H,37,38);;;;/q;4*+1/p-4. The molecule has 0 atom stereocenters. The molecule has 0 bridgehead atoms. The molecule has 222 valence electrons. The van der Waals surface area contributed by atoms with Gasteiger partial charge in [-0.15, -0.1) is 0 Å². The Kier molecular flexibility index (Phi) is 24.5. The van der Waals surface area contributed by atoms with Gasteiger partial charge in [-0.2, -0.15) is 0 Å². The summed E-state index contributed by atoms with van der Waals surface area (Å²) in [7, 11) is 0. The van der Waals surface area contributed by atoms with Gasteiger partial charge in [0, 0.05) is 31.1 Å². The Balaban J connectivity index is 0.00000506. The number of carbonyl (C=O) groups is 4. The van der Waals surface area contributed by atoms with Crippen LogP contribution >= 0.6 is 0 Å². The van der Waals surface area contributed by atoms with Crippen molar-refractivity contribution in [1.82, 2.24) is 9.88 Å². The SMILES string of the molecule is O=C([O-])CN(CCOCCOc1cc2cc(-c3nc4ccccc4o3)oc2cc1N(CC(=O)[O-])CC(=O)[O-])CC(=O)[O-].[K+].[K+].[K+].[K+]. The third kappa shape index (κ3) is 14.9. The van der Waals surface area contributed by atoms with Crippen LogP contribution in [0.2, 0.25) is 0 Å². The summed E-state index contributed by atoms with van der Waals surface area (Å²) < 4.78 is 22.8. The molecule has 0 unspecified atom stereocenters. The van der Waals surface area contributed by atoms with E-state index in [4.69, 9.17) is 18.3 Å². The third-order valence-corrected chi connectivity index (χ3v) is 5.83. The molecule has 0 aliphatic rings. The number of carboxylic acids is 4. The Hall–Kier alpha value is 1.40. The number of hydrogen-bond acceptors (Lipinski definition) is 15. The first kappa shape index (κ1) is 47.4. The number of carbonyl (C=O) groups excluding carboxylic acids is 4. The van der Waals surface area contributed by atoms with Crippen molar-refractivity contribution in [2.24, 2.45) is 0 Å². The van der Waals surface area contributed by atoms with Gasteiger partial charge in [0.2, 0.25) is 0 Å². The minimum atomic E-state index is -1.55. The molecule has 0 fully saturated rings. The zero-order chi connectivity index (χ0) is 30.2. The number of anilines is 1. The molecule has 0 amide bonds. The number of fused-ring (bicyclic) bond motifs is 2. The summed E-state index contributed by atoms with van der Waals surface area (Å²) in [6.07, 6.45) is 0. The van der Waals surface area contributed by atoms with Crippen LogP contribution in [-0.4, -0.2) is 86.3 Å². The number of ether oxygens (including phenoxy) is 2. The van der Waals surface area contributed by atoms with Crippen LogP contribution in [0.25, 0.3) is 33.7 Å². The number of oxazole rings is 1. The molecule has 0 spiro atoms. The number of nitrogens with zero attached hydrogens (tertiary/aromatic N) is 3. The van der Waals surface area contributed by atoms with Crippen LogP contribution in [0, 0.1) is 0 Å². The van der Waals surface area contributed by atoms with Crippen LogP contribution in [0.3, 0.4) is 0 Å². The molecule has 0 radical (unpaired) electrons. The molecule has 0 saturated heterocycles. The zero-order valence-electron chi connectivity index (χ0n) is 25.9. The van der Waals surface area contributed by atoms with Gasteiger partial charge in [0.25, 0.3) is 5.89 Å². The van der Waals surface area contributed by atoms with E-state index in [0.29, 0.717) is 16.5 Å². The molecule has 15 nitrogen and oxygen atoms in total. The number of aromatic nitrogens is 1. The predicted molar refractivity (Wildman–Crippen MR) is 134 cm³/mol. The van der Waals surface area contributed by atoms with Crippen LogP contribution in [-0.2, 0) is 23.9 Å².